The molecule has 3 N–H and O–H groups in total. The number of aromatic nitrogens is 1. The number of hydrogen-bond acceptors (Lipinski definition) is 3. The first-order chi connectivity index (χ1) is 18.3. The Hall–Kier alpha value is -4.45. The zero-order chi connectivity index (χ0) is 28.3. The van der Waals surface area contributed by atoms with Crippen LogP contribution in [-0.2, 0) is 15.6 Å². The van der Waals surface area contributed by atoms with Gasteiger partial charge in [0.1, 0.15) is 5.69 Å². The maximum absolute atomic E-state index is 12.3. The van der Waals surface area contributed by atoms with Gasteiger partial charge in [-0.1, -0.05) is 108 Å². The summed E-state index contributed by atoms with van der Waals surface area (Å²) in [5.41, 5.74) is 5.77. The molecule has 198 valence electrons. The highest BCUT2D eigenvalue weighted by Crippen LogP contribution is 2.43. The molecule has 1 aromatic heterocycles. The van der Waals surface area contributed by atoms with Crippen molar-refractivity contribution in [3.05, 3.63) is 106 Å². The van der Waals surface area contributed by atoms with Crippen LogP contribution in [0.3, 0.4) is 0 Å². The van der Waals surface area contributed by atoms with E-state index in [1.165, 1.54) is 0 Å². The lowest BCUT2D eigenvalue weighted by Crippen LogP contribution is -2.17. The highest BCUT2D eigenvalue weighted by molar-refractivity contribution is 6.46. The Kier molecular flexibility index (Phi) is 6.10. The number of aromatic amines is 1. The molecule has 0 radical (unpaired) electrons. The number of carboxylic acids is 2. The highest BCUT2D eigenvalue weighted by atomic mass is 16.4. The molecule has 0 spiro atoms. The molecular weight excluding hydrogens is 488 g/mol. The number of carbonyl (C=O) groups is 2. The molecular formula is C33H32N2O4. The number of H-pyrrole nitrogens is 1. The molecule has 3 aromatic carbocycles. The Labute approximate surface area is 227 Å². The van der Waals surface area contributed by atoms with Gasteiger partial charge in [-0.25, -0.2) is 14.6 Å². The van der Waals surface area contributed by atoms with Gasteiger partial charge in [-0.2, -0.15) is 0 Å². The van der Waals surface area contributed by atoms with Crippen molar-refractivity contribution < 1.29 is 19.8 Å². The minimum atomic E-state index is -1.11. The van der Waals surface area contributed by atoms with Gasteiger partial charge in [0.05, 0.1) is 11.4 Å². The van der Waals surface area contributed by atoms with Crippen molar-refractivity contribution >= 4 is 39.7 Å². The molecule has 1 aliphatic heterocycles. The van der Waals surface area contributed by atoms with Gasteiger partial charge < -0.3 is 15.2 Å². The normalized spacial score (nSPS) is 14.8. The molecule has 39 heavy (non-hydrogen) atoms. The number of nitrogens with one attached hydrogen (secondary N) is 1. The van der Waals surface area contributed by atoms with Gasteiger partial charge in [0, 0.05) is 27.5 Å². The molecule has 0 bridgehead atoms. The van der Waals surface area contributed by atoms with Crippen LogP contribution < -0.4 is 0 Å². The van der Waals surface area contributed by atoms with Gasteiger partial charge in [-0.05, 0) is 27.5 Å². The Morgan fingerprint density at radius 3 is 1.72 bits per heavy atom. The van der Waals surface area contributed by atoms with Crippen molar-refractivity contribution in [1.82, 2.24) is 4.98 Å². The second-order valence-corrected chi connectivity index (χ2v) is 12.1. The zero-order valence-electron chi connectivity index (χ0n) is 23.0. The smallest absolute Gasteiger partial charge is 0.355 e. The van der Waals surface area contributed by atoms with E-state index in [1.807, 2.05) is 30.3 Å². The van der Waals surface area contributed by atoms with E-state index in [2.05, 4.69) is 69.7 Å². The molecule has 0 unspecified atom stereocenters. The number of benzene rings is 3. The molecule has 6 heteroatoms. The summed E-state index contributed by atoms with van der Waals surface area (Å²) in [5.74, 6) is -2.18. The quantitative estimate of drug-likeness (QED) is 0.263. The first-order valence-corrected chi connectivity index (χ1v) is 12.9. The van der Waals surface area contributed by atoms with Crippen LogP contribution in [0.2, 0.25) is 0 Å². The van der Waals surface area contributed by atoms with Crippen molar-refractivity contribution in [2.24, 2.45) is 4.99 Å². The summed E-state index contributed by atoms with van der Waals surface area (Å²) >= 11 is 0. The summed E-state index contributed by atoms with van der Waals surface area (Å²) in [6.07, 6.45) is 0. The van der Waals surface area contributed by atoms with Crippen LogP contribution in [0.4, 0.5) is 0 Å². The van der Waals surface area contributed by atoms with Crippen LogP contribution in [0.15, 0.2) is 71.7 Å². The molecule has 0 amide bonds. The highest BCUT2D eigenvalue weighted by Gasteiger charge is 2.31. The van der Waals surface area contributed by atoms with E-state index in [9.17, 15) is 19.8 Å². The number of hydrogen-bond donors (Lipinski definition) is 3. The van der Waals surface area contributed by atoms with Crippen LogP contribution in [0.25, 0.3) is 22.0 Å². The van der Waals surface area contributed by atoms with E-state index < -0.39 is 11.9 Å². The molecule has 2 heterocycles. The first-order valence-electron chi connectivity index (χ1n) is 12.9. The summed E-state index contributed by atoms with van der Waals surface area (Å²) in [7, 11) is 0. The Morgan fingerprint density at radius 2 is 1.21 bits per heavy atom. The predicted octanol–water partition coefficient (Wildman–Crippen LogP) is 7.27. The van der Waals surface area contributed by atoms with Crippen molar-refractivity contribution in [3.8, 4) is 0 Å². The summed E-state index contributed by atoms with van der Waals surface area (Å²) in [5, 5.41) is 21.4. The van der Waals surface area contributed by atoms with E-state index in [-0.39, 0.29) is 22.2 Å². The molecule has 5 rings (SSSR count). The van der Waals surface area contributed by atoms with Crippen molar-refractivity contribution in [2.75, 3.05) is 0 Å². The number of rotatable bonds is 4. The standard InChI is InChI=1S/C33H32N2O4/c1-32(2,3)19-15-18(16-20(17-19)33(4,5)6)25(26-21-11-7-9-13-23(21)28(34-26)30(36)37)27-22-12-8-10-14-24(22)29(35-27)31(38)39/h7-17,34H,1-6H3,(H,36,37)(H,38,39)/b27-25-. The second kappa shape index (κ2) is 9.09. The lowest BCUT2D eigenvalue weighted by Gasteiger charge is -2.27. The maximum Gasteiger partial charge on any atom is 0.355 e. The minimum absolute atomic E-state index is 0.0320. The topological polar surface area (TPSA) is 103 Å². The van der Waals surface area contributed by atoms with Crippen LogP contribution >= 0.6 is 0 Å². The molecule has 1 aliphatic rings. The number of carboxylic acid groups (broad SMARTS) is 2. The van der Waals surface area contributed by atoms with Gasteiger partial charge in [0.2, 0.25) is 0 Å². The third-order valence-corrected chi connectivity index (χ3v) is 7.23. The third-order valence-electron chi connectivity index (χ3n) is 7.23. The van der Waals surface area contributed by atoms with Crippen LogP contribution in [0.1, 0.15) is 85.5 Å². The van der Waals surface area contributed by atoms with E-state index in [4.69, 9.17) is 0 Å². The fourth-order valence-corrected chi connectivity index (χ4v) is 5.06. The molecule has 0 aliphatic carbocycles. The number of nitrogens with zero attached hydrogens (tertiary/aromatic N) is 1. The van der Waals surface area contributed by atoms with E-state index >= 15 is 0 Å². The minimum Gasteiger partial charge on any atom is -0.477 e. The fourth-order valence-electron chi connectivity index (χ4n) is 5.06. The molecule has 0 atom stereocenters. The largest absolute Gasteiger partial charge is 0.477 e. The van der Waals surface area contributed by atoms with Gasteiger partial charge in [0.25, 0.3) is 0 Å². The first kappa shape index (κ1) is 26.2. The van der Waals surface area contributed by atoms with Crippen LogP contribution in [0.5, 0.6) is 0 Å². The summed E-state index contributed by atoms with van der Waals surface area (Å²) in [6.45, 7) is 12.9. The van der Waals surface area contributed by atoms with E-state index in [0.29, 0.717) is 33.5 Å². The lowest BCUT2D eigenvalue weighted by atomic mass is 9.78. The Bertz CT molecular complexity index is 1690. The number of aromatic carboxylic acids is 1. The SMILES string of the molecule is CC(C)(C)c1cc(/C(=C2/N=C(C(=O)O)c3ccccc32)c2[nH]c(C(=O)O)c3ccccc23)cc(C(C)(C)C)c1. The second-order valence-electron chi connectivity index (χ2n) is 12.1. The van der Waals surface area contributed by atoms with Gasteiger partial charge in [-0.15, -0.1) is 0 Å². The summed E-state index contributed by atoms with van der Waals surface area (Å²) in [4.78, 5) is 32.4. The van der Waals surface area contributed by atoms with Crippen molar-refractivity contribution in [1.29, 1.82) is 0 Å². The predicted molar refractivity (Wildman–Crippen MR) is 156 cm³/mol. The van der Waals surface area contributed by atoms with Gasteiger partial charge in [0.15, 0.2) is 5.71 Å². The van der Waals surface area contributed by atoms with Crippen LogP contribution in [0, 0.1) is 0 Å². The zero-order valence-corrected chi connectivity index (χ0v) is 23.0. The Morgan fingerprint density at radius 1 is 0.692 bits per heavy atom. The molecule has 0 saturated carbocycles. The van der Waals surface area contributed by atoms with Crippen molar-refractivity contribution in [2.45, 2.75) is 52.4 Å². The molecule has 4 aromatic rings. The summed E-state index contributed by atoms with van der Waals surface area (Å²) < 4.78 is 0. The monoisotopic (exact) mass is 520 g/mol. The van der Waals surface area contributed by atoms with Crippen molar-refractivity contribution in [3.63, 3.8) is 0 Å². The maximum atomic E-state index is 12.3. The van der Waals surface area contributed by atoms with Gasteiger partial charge >= 0.3 is 11.9 Å². The Balaban J connectivity index is 1.98. The number of fused-ring (bicyclic) bond motifs is 2. The summed E-state index contributed by atoms with van der Waals surface area (Å²) in [6, 6.07) is 21.1. The van der Waals surface area contributed by atoms with E-state index in [1.54, 1.807) is 18.2 Å². The number of aliphatic carboxylic acids is 1. The third kappa shape index (κ3) is 4.56. The fraction of sp³-hybridized carbons (Fsp3) is 0.242. The average Bonchev–Trinajstić information content (AvgIpc) is 3.43. The molecule has 6 nitrogen and oxygen atoms in total. The lowest BCUT2D eigenvalue weighted by molar-refractivity contribution is -0.129. The van der Waals surface area contributed by atoms with Crippen LogP contribution in [-0.4, -0.2) is 32.8 Å². The van der Waals surface area contributed by atoms with Gasteiger partial charge in [-0.3, -0.25) is 0 Å². The average molecular weight is 521 g/mol. The molecule has 0 fully saturated rings. The molecule has 0 saturated heterocycles. The number of aliphatic imine (C=N–C) groups is 1. The van der Waals surface area contributed by atoms with E-state index in [0.717, 1.165) is 22.1 Å².